The van der Waals surface area contributed by atoms with Crippen LogP contribution in [-0.4, -0.2) is 24.5 Å². The van der Waals surface area contributed by atoms with Crippen molar-refractivity contribution in [1.82, 2.24) is 0 Å². The Labute approximate surface area is 85.3 Å². The predicted octanol–water partition coefficient (Wildman–Crippen LogP) is 3.27. The Morgan fingerprint density at radius 1 is 1.23 bits per heavy atom. The van der Waals surface area contributed by atoms with Crippen LogP contribution in [0.3, 0.4) is 0 Å². The molecule has 2 atom stereocenters. The van der Waals surface area contributed by atoms with Gasteiger partial charge in [-0.1, -0.05) is 0 Å². The maximum absolute atomic E-state index is 10.1. The molecular weight excluding hydrogens is 221 g/mol. The molecule has 0 bridgehead atoms. The van der Waals surface area contributed by atoms with Gasteiger partial charge in [-0.2, -0.15) is 0 Å². The van der Waals surface area contributed by atoms with E-state index in [9.17, 15) is 5.11 Å². The molecule has 1 rings (SSSR count). The van der Waals surface area contributed by atoms with Crippen LogP contribution in [0.4, 0.5) is 0 Å². The summed E-state index contributed by atoms with van der Waals surface area (Å²) in [7, 11) is 0. The first-order valence-electron chi connectivity index (χ1n) is 5.40. The summed E-state index contributed by atoms with van der Waals surface area (Å²) in [5, 5.41) is 10.1. The van der Waals surface area contributed by atoms with E-state index in [-0.39, 0.29) is 6.10 Å². The van der Waals surface area contributed by atoms with Crippen LogP contribution in [0.1, 0.15) is 33.1 Å². The second-order valence-corrected chi connectivity index (χ2v) is 17.9. The van der Waals surface area contributed by atoms with E-state index in [1.807, 2.05) is 0 Å². The van der Waals surface area contributed by atoms with E-state index in [0.29, 0.717) is 10.2 Å². The first kappa shape index (κ1) is 11.6. The molecule has 0 aliphatic heterocycles. The van der Waals surface area contributed by atoms with Gasteiger partial charge in [-0.05, 0) is 0 Å². The number of aliphatic hydroxyl groups excluding tert-OH is 1. The summed E-state index contributed by atoms with van der Waals surface area (Å²) >= 11 is -1.62. The van der Waals surface area contributed by atoms with Crippen molar-refractivity contribution in [3.8, 4) is 0 Å². The molecule has 78 valence electrons. The van der Waals surface area contributed by atoms with E-state index in [2.05, 4.69) is 31.1 Å². The van der Waals surface area contributed by atoms with Crippen molar-refractivity contribution in [3.05, 3.63) is 0 Å². The molecule has 13 heavy (non-hydrogen) atoms. The molecule has 0 unspecified atom stereocenters. The van der Waals surface area contributed by atoms with Crippen LogP contribution in [-0.2, 0) is 0 Å². The van der Waals surface area contributed by atoms with Crippen molar-refractivity contribution in [3.63, 3.8) is 0 Å². The zero-order valence-electron chi connectivity index (χ0n) is 9.72. The molecular formula is C11H24GeO. The third-order valence-corrected chi connectivity index (χ3v) is 9.55. The first-order chi connectivity index (χ1) is 5.72. The minimum absolute atomic E-state index is 0.0104. The summed E-state index contributed by atoms with van der Waals surface area (Å²) < 4.78 is 0.674. The van der Waals surface area contributed by atoms with Crippen LogP contribution >= 0.6 is 0 Å². The molecule has 0 aromatic rings. The molecule has 1 aliphatic carbocycles. The normalized spacial score (nSPS) is 34.6. The molecule has 0 heterocycles. The van der Waals surface area contributed by atoms with Gasteiger partial charge in [-0.15, -0.1) is 0 Å². The maximum atomic E-state index is 10.1. The van der Waals surface area contributed by atoms with E-state index in [0.717, 1.165) is 6.42 Å². The Morgan fingerprint density at radius 3 is 2.15 bits per heavy atom. The average molecular weight is 245 g/mol. The van der Waals surface area contributed by atoms with Crippen molar-refractivity contribution in [2.45, 2.75) is 61.2 Å². The number of hydrogen-bond donors (Lipinski definition) is 1. The van der Waals surface area contributed by atoms with Gasteiger partial charge in [0.05, 0.1) is 0 Å². The molecule has 1 nitrogen and oxygen atoms in total. The van der Waals surface area contributed by atoms with Gasteiger partial charge in [0.1, 0.15) is 0 Å². The molecule has 1 fully saturated rings. The van der Waals surface area contributed by atoms with Gasteiger partial charge in [0.2, 0.25) is 0 Å². The van der Waals surface area contributed by atoms with Gasteiger partial charge in [-0.3, -0.25) is 0 Å². The Kier molecular flexibility index (Phi) is 3.19. The van der Waals surface area contributed by atoms with E-state index in [1.54, 1.807) is 0 Å². The molecule has 1 aliphatic rings. The van der Waals surface area contributed by atoms with Crippen LogP contribution in [0.5, 0.6) is 0 Å². The molecule has 2 heteroatoms. The van der Waals surface area contributed by atoms with E-state index in [1.165, 1.54) is 12.8 Å². The fourth-order valence-electron chi connectivity index (χ4n) is 2.56. The summed E-state index contributed by atoms with van der Waals surface area (Å²) in [6.45, 7) is 4.56. The van der Waals surface area contributed by atoms with Crippen molar-refractivity contribution >= 4 is 13.3 Å². The first-order valence-corrected chi connectivity index (χ1v) is 12.9. The summed E-state index contributed by atoms with van der Waals surface area (Å²) in [5.41, 5.74) is 0.378. The second-order valence-electron chi connectivity index (χ2n) is 6.45. The third-order valence-electron chi connectivity index (χ3n) is 3.47. The SMILES string of the molecule is CC1(C)CC[C@@H]([Ge]([CH3])([CH3])[CH3])[C@@H](O)C1. The van der Waals surface area contributed by atoms with Gasteiger partial charge < -0.3 is 0 Å². The molecule has 0 aromatic carbocycles. The van der Waals surface area contributed by atoms with E-state index >= 15 is 0 Å². The second kappa shape index (κ2) is 3.58. The minimum atomic E-state index is -1.62. The van der Waals surface area contributed by atoms with Crippen molar-refractivity contribution in [2.75, 3.05) is 0 Å². The fraction of sp³-hybridized carbons (Fsp3) is 1.00. The standard InChI is InChI=1S/C11H24GeO/c1-11(2)7-6-9(10(13)8-11)12(3,4)5/h9-10,13H,6-8H2,1-5H3/t9-,10+/m1/s1. The Hall–Kier alpha value is 0.503. The van der Waals surface area contributed by atoms with Crippen LogP contribution in [0.2, 0.25) is 22.0 Å². The van der Waals surface area contributed by atoms with E-state index < -0.39 is 13.3 Å². The average Bonchev–Trinajstić information content (AvgIpc) is 1.80. The van der Waals surface area contributed by atoms with Crippen LogP contribution in [0, 0.1) is 5.41 Å². The van der Waals surface area contributed by atoms with Gasteiger partial charge >= 0.3 is 85.0 Å². The van der Waals surface area contributed by atoms with Crippen molar-refractivity contribution in [2.24, 2.45) is 5.41 Å². The van der Waals surface area contributed by atoms with Crippen LogP contribution in [0.15, 0.2) is 0 Å². The molecule has 0 saturated heterocycles. The Morgan fingerprint density at radius 2 is 1.77 bits per heavy atom. The molecule has 0 radical (unpaired) electrons. The summed E-state index contributed by atoms with van der Waals surface area (Å²) in [4.78, 5) is 0. The number of hydrogen-bond acceptors (Lipinski definition) is 1. The Bertz CT molecular complexity index is 181. The molecule has 0 amide bonds. The zero-order valence-corrected chi connectivity index (χ0v) is 11.8. The quantitative estimate of drug-likeness (QED) is 0.703. The Balaban J connectivity index is 2.64. The summed E-state index contributed by atoms with van der Waals surface area (Å²) in [5.74, 6) is 7.27. The van der Waals surface area contributed by atoms with Crippen LogP contribution in [0.25, 0.3) is 0 Å². The van der Waals surface area contributed by atoms with Crippen molar-refractivity contribution < 1.29 is 5.11 Å². The topological polar surface area (TPSA) is 20.2 Å². The molecule has 1 saturated carbocycles. The fourth-order valence-corrected chi connectivity index (χ4v) is 7.35. The number of rotatable bonds is 1. The van der Waals surface area contributed by atoms with Gasteiger partial charge in [-0.25, -0.2) is 0 Å². The molecule has 1 N–H and O–H groups in total. The van der Waals surface area contributed by atoms with Gasteiger partial charge in [0, 0.05) is 0 Å². The van der Waals surface area contributed by atoms with Gasteiger partial charge in [0.25, 0.3) is 0 Å². The third kappa shape index (κ3) is 2.98. The summed E-state index contributed by atoms with van der Waals surface area (Å²) in [6.07, 6.45) is 3.57. The molecule has 0 aromatic heterocycles. The predicted molar refractivity (Wildman–Crippen MR) is 60.7 cm³/mol. The van der Waals surface area contributed by atoms with Crippen molar-refractivity contribution in [1.29, 1.82) is 0 Å². The zero-order chi connectivity index (χ0) is 10.3. The van der Waals surface area contributed by atoms with Gasteiger partial charge in [0.15, 0.2) is 0 Å². The number of aliphatic hydroxyl groups is 1. The monoisotopic (exact) mass is 246 g/mol. The summed E-state index contributed by atoms with van der Waals surface area (Å²) in [6, 6.07) is 0. The van der Waals surface area contributed by atoms with E-state index in [4.69, 9.17) is 0 Å². The van der Waals surface area contributed by atoms with Crippen LogP contribution < -0.4 is 0 Å². The molecule has 0 spiro atoms.